The number of nitrogens with zero attached hydrogens (tertiary/aromatic N) is 1. The van der Waals surface area contributed by atoms with Gasteiger partial charge in [-0.05, 0) is 18.0 Å². The molecule has 0 amide bonds. The zero-order valence-corrected chi connectivity index (χ0v) is 11.2. The fourth-order valence-corrected chi connectivity index (χ4v) is 2.05. The van der Waals surface area contributed by atoms with E-state index in [-0.39, 0.29) is 5.69 Å². The van der Waals surface area contributed by atoms with Crippen LogP contribution in [0.25, 0.3) is 0 Å². The quantitative estimate of drug-likeness (QED) is 0.294. The summed E-state index contributed by atoms with van der Waals surface area (Å²) in [4.78, 5) is 10.5. The Balaban J connectivity index is 2.73. The van der Waals surface area contributed by atoms with Crippen LogP contribution in [-0.2, 0) is 0 Å². The number of nitro benzene ring substituents is 1. The summed E-state index contributed by atoms with van der Waals surface area (Å²) in [6, 6.07) is 6.01. The van der Waals surface area contributed by atoms with Gasteiger partial charge in [0.05, 0.1) is 4.92 Å². The summed E-state index contributed by atoms with van der Waals surface area (Å²) in [5, 5.41) is 20.1. The van der Waals surface area contributed by atoms with E-state index in [2.05, 4.69) is 4.72 Å². The predicted octanol–water partition coefficient (Wildman–Crippen LogP) is 2.88. The third-order valence-corrected chi connectivity index (χ3v) is 3.18. The average Bonchev–Trinajstić information content (AvgIpc) is 2.24. The molecule has 17 heavy (non-hydrogen) atoms. The summed E-state index contributed by atoms with van der Waals surface area (Å²) < 4.78 is 0.500. The number of nitrogens with one attached hydrogen (secondary N) is 1. The Bertz CT molecular complexity index is 413. The molecule has 0 aliphatic heterocycles. The van der Waals surface area contributed by atoms with Crippen LogP contribution >= 0.6 is 46.8 Å². The van der Waals surface area contributed by atoms with Crippen molar-refractivity contribution < 1.29 is 10.0 Å². The standard InChI is InChI=1S/C8H7Cl3N2O3S/c9-8(10,11)7(14)12-17-6-4-2-1-3-5(6)13(15)16/h1-4,7,12,14H. The third-order valence-electron chi connectivity index (χ3n) is 1.65. The van der Waals surface area contributed by atoms with E-state index >= 15 is 0 Å². The van der Waals surface area contributed by atoms with Crippen LogP contribution in [-0.4, -0.2) is 20.1 Å². The van der Waals surface area contributed by atoms with E-state index in [9.17, 15) is 15.2 Å². The van der Waals surface area contributed by atoms with Crippen LogP contribution in [0.2, 0.25) is 0 Å². The first-order valence-corrected chi connectivity index (χ1v) is 6.18. The molecule has 5 nitrogen and oxygen atoms in total. The van der Waals surface area contributed by atoms with Gasteiger partial charge in [0.2, 0.25) is 3.79 Å². The molecule has 0 aromatic heterocycles. The van der Waals surface area contributed by atoms with Gasteiger partial charge in [0, 0.05) is 6.07 Å². The number of nitro groups is 1. The number of para-hydroxylation sites is 1. The zero-order valence-electron chi connectivity index (χ0n) is 8.14. The zero-order chi connectivity index (χ0) is 13.1. The van der Waals surface area contributed by atoms with Crippen molar-refractivity contribution in [2.75, 3.05) is 0 Å². The van der Waals surface area contributed by atoms with Gasteiger partial charge in [0.15, 0.2) is 6.23 Å². The summed E-state index contributed by atoms with van der Waals surface area (Å²) in [6.07, 6.45) is -1.45. The second-order valence-electron chi connectivity index (χ2n) is 2.89. The highest BCUT2D eigenvalue weighted by atomic mass is 35.6. The van der Waals surface area contributed by atoms with Crippen molar-refractivity contribution in [3.8, 4) is 0 Å². The highest BCUT2D eigenvalue weighted by Gasteiger charge is 2.31. The highest BCUT2D eigenvalue weighted by Crippen LogP contribution is 2.32. The van der Waals surface area contributed by atoms with Crippen molar-refractivity contribution in [3.63, 3.8) is 0 Å². The van der Waals surface area contributed by atoms with Gasteiger partial charge in [-0.25, -0.2) is 4.72 Å². The largest absolute Gasteiger partial charge is 0.373 e. The Hall–Kier alpha value is -0.240. The molecule has 2 N–H and O–H groups in total. The van der Waals surface area contributed by atoms with Crippen LogP contribution in [0, 0.1) is 10.1 Å². The minimum atomic E-state index is -1.91. The average molecular weight is 318 g/mol. The number of aliphatic hydroxyl groups is 1. The van der Waals surface area contributed by atoms with Crippen molar-refractivity contribution >= 4 is 52.4 Å². The molecule has 9 heteroatoms. The number of hydrogen-bond donors (Lipinski definition) is 2. The van der Waals surface area contributed by atoms with Gasteiger partial charge in [-0.3, -0.25) is 10.1 Å². The molecule has 0 saturated heterocycles. The molecule has 0 aliphatic rings. The predicted molar refractivity (Wildman–Crippen MR) is 68.4 cm³/mol. The highest BCUT2D eigenvalue weighted by molar-refractivity contribution is 7.97. The van der Waals surface area contributed by atoms with E-state index < -0.39 is 14.9 Å². The Morgan fingerprint density at radius 2 is 2.00 bits per heavy atom. The molecule has 0 heterocycles. The maximum atomic E-state index is 10.7. The third kappa shape index (κ3) is 4.50. The first kappa shape index (κ1) is 14.8. The van der Waals surface area contributed by atoms with E-state index in [0.29, 0.717) is 4.90 Å². The van der Waals surface area contributed by atoms with Crippen LogP contribution < -0.4 is 4.72 Å². The molecule has 1 atom stereocenters. The van der Waals surface area contributed by atoms with Gasteiger partial charge in [-0.15, -0.1) is 0 Å². The molecule has 0 spiro atoms. The van der Waals surface area contributed by atoms with Crippen LogP contribution in [0.3, 0.4) is 0 Å². The second-order valence-corrected chi connectivity index (χ2v) is 6.14. The molecule has 94 valence electrons. The maximum Gasteiger partial charge on any atom is 0.284 e. The van der Waals surface area contributed by atoms with E-state index in [1.165, 1.54) is 18.2 Å². The number of halogens is 3. The Morgan fingerprint density at radius 1 is 1.41 bits per heavy atom. The van der Waals surface area contributed by atoms with Crippen LogP contribution in [0.4, 0.5) is 5.69 Å². The summed E-state index contributed by atoms with van der Waals surface area (Å²) >= 11 is 17.1. The monoisotopic (exact) mass is 316 g/mol. The molecule has 0 aliphatic carbocycles. The van der Waals surface area contributed by atoms with E-state index in [1.807, 2.05) is 0 Å². The number of rotatable bonds is 4. The molecule has 0 fully saturated rings. The SMILES string of the molecule is O=[N+]([O-])c1ccccc1SNC(O)C(Cl)(Cl)Cl. The second kappa shape index (κ2) is 6.08. The Morgan fingerprint density at radius 3 is 2.53 bits per heavy atom. The van der Waals surface area contributed by atoms with Crippen LogP contribution in [0.15, 0.2) is 29.2 Å². The molecule has 0 bridgehead atoms. The topological polar surface area (TPSA) is 75.4 Å². The van der Waals surface area contributed by atoms with Crippen molar-refractivity contribution in [1.29, 1.82) is 0 Å². The Kier molecular flexibility index (Phi) is 5.30. The molecule has 1 rings (SSSR count). The summed E-state index contributed by atoms with van der Waals surface area (Å²) in [5.74, 6) is 0. The molecule has 0 radical (unpaired) electrons. The van der Waals surface area contributed by atoms with Crippen LogP contribution in [0.5, 0.6) is 0 Å². The normalized spacial score (nSPS) is 13.4. The Labute approximate surface area is 116 Å². The summed E-state index contributed by atoms with van der Waals surface area (Å²) in [5.41, 5.74) is -0.0958. The van der Waals surface area contributed by atoms with Crippen molar-refractivity contribution in [3.05, 3.63) is 34.4 Å². The summed E-state index contributed by atoms with van der Waals surface area (Å²) in [7, 11) is 0. The molecule has 1 aromatic rings. The number of hydrogen-bond acceptors (Lipinski definition) is 5. The molecule has 1 unspecified atom stereocenters. The van der Waals surface area contributed by atoms with Crippen molar-refractivity contribution in [1.82, 2.24) is 4.72 Å². The van der Waals surface area contributed by atoms with E-state index in [1.54, 1.807) is 6.07 Å². The van der Waals surface area contributed by atoms with Gasteiger partial charge in [0.25, 0.3) is 5.69 Å². The van der Waals surface area contributed by atoms with Gasteiger partial charge in [-0.1, -0.05) is 46.9 Å². The van der Waals surface area contributed by atoms with E-state index in [4.69, 9.17) is 34.8 Å². The molecular weight excluding hydrogens is 311 g/mol. The van der Waals surface area contributed by atoms with Gasteiger partial charge in [0.1, 0.15) is 4.90 Å². The van der Waals surface area contributed by atoms with Crippen LogP contribution in [0.1, 0.15) is 0 Å². The van der Waals surface area contributed by atoms with E-state index in [0.717, 1.165) is 11.9 Å². The molecule has 1 aromatic carbocycles. The maximum absolute atomic E-state index is 10.7. The van der Waals surface area contributed by atoms with Gasteiger partial charge < -0.3 is 5.11 Å². The number of aliphatic hydroxyl groups excluding tert-OH is 1. The molecule has 0 saturated carbocycles. The smallest absolute Gasteiger partial charge is 0.284 e. The van der Waals surface area contributed by atoms with Gasteiger partial charge in [-0.2, -0.15) is 0 Å². The number of alkyl halides is 3. The molecular formula is C8H7Cl3N2O3S. The van der Waals surface area contributed by atoms with Crippen molar-refractivity contribution in [2.45, 2.75) is 14.9 Å². The lowest BCUT2D eigenvalue weighted by Crippen LogP contribution is -2.35. The summed E-state index contributed by atoms with van der Waals surface area (Å²) in [6.45, 7) is 0. The minimum Gasteiger partial charge on any atom is -0.373 e. The lowest BCUT2D eigenvalue weighted by molar-refractivity contribution is -0.387. The fourth-order valence-electron chi connectivity index (χ4n) is 0.880. The number of benzene rings is 1. The lowest BCUT2D eigenvalue weighted by atomic mass is 10.3. The lowest BCUT2D eigenvalue weighted by Gasteiger charge is -2.19. The first-order chi connectivity index (χ1) is 7.82. The minimum absolute atomic E-state index is 0.0958. The fraction of sp³-hybridized carbons (Fsp3) is 0.250. The first-order valence-electron chi connectivity index (χ1n) is 4.23. The van der Waals surface area contributed by atoms with Gasteiger partial charge >= 0.3 is 0 Å². The van der Waals surface area contributed by atoms with Crippen molar-refractivity contribution in [2.24, 2.45) is 0 Å².